The Hall–Kier alpha value is -0.610. The van der Waals surface area contributed by atoms with Gasteiger partial charge in [0.05, 0.1) is 6.61 Å². The highest BCUT2D eigenvalue weighted by atomic mass is 16.5. The summed E-state index contributed by atoms with van der Waals surface area (Å²) in [4.78, 5) is 15.6. The van der Waals surface area contributed by atoms with E-state index < -0.39 is 0 Å². The lowest BCUT2D eigenvalue weighted by Crippen LogP contribution is -2.29. The molecular weight excluding hydrogens is 216 g/mol. The number of unbranched alkanes of at least 4 members (excludes halogenated alkanes) is 2. The van der Waals surface area contributed by atoms with E-state index in [1.807, 2.05) is 6.92 Å². The summed E-state index contributed by atoms with van der Waals surface area (Å²) in [5, 5.41) is 0. The van der Waals surface area contributed by atoms with Crippen molar-refractivity contribution in [3.63, 3.8) is 0 Å². The standard InChI is InChI=1S/C13H28N2O2/c1-5-17-13(16)9-7-6-8-10-15(4)12-11-14(2)3/h5-12H2,1-4H3. The van der Waals surface area contributed by atoms with Gasteiger partial charge in [0.25, 0.3) is 0 Å². The van der Waals surface area contributed by atoms with E-state index in [2.05, 4.69) is 30.9 Å². The number of likely N-dealkylation sites (N-methyl/N-ethyl adjacent to an activating group) is 2. The molecule has 0 aromatic rings. The van der Waals surface area contributed by atoms with Crippen LogP contribution in [0.15, 0.2) is 0 Å². The number of carbonyl (C=O) groups excluding carboxylic acids is 1. The molecule has 0 radical (unpaired) electrons. The molecule has 0 aliphatic heterocycles. The van der Waals surface area contributed by atoms with Crippen molar-refractivity contribution < 1.29 is 9.53 Å². The van der Waals surface area contributed by atoms with Crippen LogP contribution in [0.3, 0.4) is 0 Å². The highest BCUT2D eigenvalue weighted by molar-refractivity contribution is 5.69. The van der Waals surface area contributed by atoms with E-state index in [0.717, 1.165) is 38.9 Å². The van der Waals surface area contributed by atoms with Gasteiger partial charge in [0.2, 0.25) is 0 Å². The van der Waals surface area contributed by atoms with Crippen molar-refractivity contribution in [3.05, 3.63) is 0 Å². The van der Waals surface area contributed by atoms with Crippen LogP contribution in [0.2, 0.25) is 0 Å². The van der Waals surface area contributed by atoms with Crippen LogP contribution in [0.5, 0.6) is 0 Å². The molecule has 0 amide bonds. The Balaban J connectivity index is 3.30. The van der Waals surface area contributed by atoms with Crippen molar-refractivity contribution in [3.8, 4) is 0 Å². The molecule has 0 aliphatic rings. The fourth-order valence-electron chi connectivity index (χ4n) is 1.54. The molecule has 0 unspecified atom stereocenters. The van der Waals surface area contributed by atoms with Gasteiger partial charge in [-0.15, -0.1) is 0 Å². The second-order valence-corrected chi connectivity index (χ2v) is 4.72. The predicted octanol–water partition coefficient (Wildman–Crippen LogP) is 1.60. The zero-order valence-corrected chi connectivity index (χ0v) is 11.9. The summed E-state index contributed by atoms with van der Waals surface area (Å²) in [6.45, 7) is 5.64. The monoisotopic (exact) mass is 244 g/mol. The second-order valence-electron chi connectivity index (χ2n) is 4.72. The molecule has 0 aromatic carbocycles. The largest absolute Gasteiger partial charge is 0.466 e. The van der Waals surface area contributed by atoms with Crippen molar-refractivity contribution in [2.24, 2.45) is 0 Å². The number of ether oxygens (including phenoxy) is 1. The zero-order chi connectivity index (χ0) is 13.1. The normalized spacial score (nSPS) is 11.2. The van der Waals surface area contributed by atoms with Gasteiger partial charge in [0, 0.05) is 19.5 Å². The number of hydrogen-bond donors (Lipinski definition) is 0. The van der Waals surface area contributed by atoms with Crippen LogP contribution in [0.25, 0.3) is 0 Å². The zero-order valence-electron chi connectivity index (χ0n) is 11.9. The van der Waals surface area contributed by atoms with E-state index in [0.29, 0.717) is 13.0 Å². The average Bonchev–Trinajstić information content (AvgIpc) is 2.26. The van der Waals surface area contributed by atoms with E-state index >= 15 is 0 Å². The minimum absolute atomic E-state index is 0.0616. The minimum Gasteiger partial charge on any atom is -0.466 e. The number of rotatable bonds is 10. The third-order valence-electron chi connectivity index (χ3n) is 2.65. The van der Waals surface area contributed by atoms with Crippen LogP contribution in [0.1, 0.15) is 32.6 Å². The van der Waals surface area contributed by atoms with E-state index in [9.17, 15) is 4.79 Å². The summed E-state index contributed by atoms with van der Waals surface area (Å²) in [5.74, 6) is -0.0616. The second kappa shape index (κ2) is 10.5. The fraction of sp³-hybridized carbons (Fsp3) is 0.923. The SMILES string of the molecule is CCOC(=O)CCCCCN(C)CCN(C)C. The Labute approximate surface area is 106 Å². The van der Waals surface area contributed by atoms with Gasteiger partial charge in [-0.05, 0) is 47.5 Å². The number of hydrogen-bond acceptors (Lipinski definition) is 4. The molecule has 0 N–H and O–H groups in total. The Morgan fingerprint density at radius 1 is 1.00 bits per heavy atom. The molecule has 0 fully saturated rings. The molecule has 17 heavy (non-hydrogen) atoms. The summed E-state index contributed by atoms with van der Waals surface area (Å²) in [6, 6.07) is 0. The molecule has 0 heterocycles. The Morgan fingerprint density at radius 3 is 2.29 bits per heavy atom. The highest BCUT2D eigenvalue weighted by Crippen LogP contribution is 2.02. The summed E-state index contributed by atoms with van der Waals surface area (Å²) < 4.78 is 4.88. The van der Waals surface area contributed by atoms with Crippen LogP contribution in [-0.2, 0) is 9.53 Å². The first-order chi connectivity index (χ1) is 8.06. The van der Waals surface area contributed by atoms with Crippen LogP contribution in [0, 0.1) is 0 Å². The molecular formula is C13H28N2O2. The van der Waals surface area contributed by atoms with Crippen molar-refractivity contribution in [1.29, 1.82) is 0 Å². The first-order valence-electron chi connectivity index (χ1n) is 6.55. The van der Waals surface area contributed by atoms with Gasteiger partial charge in [0.15, 0.2) is 0 Å². The molecule has 102 valence electrons. The summed E-state index contributed by atoms with van der Waals surface area (Å²) in [5.41, 5.74) is 0. The van der Waals surface area contributed by atoms with Crippen LogP contribution in [0.4, 0.5) is 0 Å². The smallest absolute Gasteiger partial charge is 0.305 e. The van der Waals surface area contributed by atoms with Crippen LogP contribution < -0.4 is 0 Å². The highest BCUT2D eigenvalue weighted by Gasteiger charge is 2.02. The van der Waals surface area contributed by atoms with Crippen molar-refractivity contribution in [2.75, 3.05) is 47.4 Å². The summed E-state index contributed by atoms with van der Waals surface area (Å²) in [7, 11) is 6.33. The van der Waals surface area contributed by atoms with Crippen molar-refractivity contribution in [2.45, 2.75) is 32.6 Å². The molecule has 4 heteroatoms. The Kier molecular flexibility index (Phi) is 10.2. The lowest BCUT2D eigenvalue weighted by Gasteiger charge is -2.18. The minimum atomic E-state index is -0.0616. The quantitative estimate of drug-likeness (QED) is 0.432. The van der Waals surface area contributed by atoms with Gasteiger partial charge >= 0.3 is 5.97 Å². The van der Waals surface area contributed by atoms with E-state index in [1.165, 1.54) is 0 Å². The lowest BCUT2D eigenvalue weighted by molar-refractivity contribution is -0.143. The maximum Gasteiger partial charge on any atom is 0.305 e. The van der Waals surface area contributed by atoms with Crippen LogP contribution in [-0.4, -0.2) is 63.2 Å². The molecule has 0 bridgehead atoms. The molecule has 0 spiro atoms. The first kappa shape index (κ1) is 16.4. The topological polar surface area (TPSA) is 32.8 Å². The van der Waals surface area contributed by atoms with E-state index in [4.69, 9.17) is 4.74 Å². The van der Waals surface area contributed by atoms with E-state index in [1.54, 1.807) is 0 Å². The fourth-order valence-corrected chi connectivity index (χ4v) is 1.54. The van der Waals surface area contributed by atoms with Crippen molar-refractivity contribution >= 4 is 5.97 Å². The maximum atomic E-state index is 11.1. The molecule has 0 atom stereocenters. The van der Waals surface area contributed by atoms with Crippen LogP contribution >= 0.6 is 0 Å². The van der Waals surface area contributed by atoms with Crippen molar-refractivity contribution in [1.82, 2.24) is 9.80 Å². The molecule has 0 saturated carbocycles. The van der Waals surface area contributed by atoms with Gasteiger partial charge in [0.1, 0.15) is 0 Å². The molecule has 0 aromatic heterocycles. The lowest BCUT2D eigenvalue weighted by atomic mass is 10.2. The molecule has 0 saturated heterocycles. The molecule has 4 nitrogen and oxygen atoms in total. The summed E-state index contributed by atoms with van der Waals surface area (Å²) >= 11 is 0. The summed E-state index contributed by atoms with van der Waals surface area (Å²) in [6.07, 6.45) is 3.77. The molecule has 0 aliphatic carbocycles. The van der Waals surface area contributed by atoms with E-state index in [-0.39, 0.29) is 5.97 Å². The van der Waals surface area contributed by atoms with Gasteiger partial charge in [-0.2, -0.15) is 0 Å². The number of carbonyl (C=O) groups is 1. The van der Waals surface area contributed by atoms with Gasteiger partial charge < -0.3 is 14.5 Å². The third kappa shape index (κ3) is 11.6. The van der Waals surface area contributed by atoms with Gasteiger partial charge in [-0.1, -0.05) is 6.42 Å². The maximum absolute atomic E-state index is 11.1. The third-order valence-corrected chi connectivity index (χ3v) is 2.65. The van der Waals surface area contributed by atoms with Gasteiger partial charge in [-0.3, -0.25) is 4.79 Å². The first-order valence-corrected chi connectivity index (χ1v) is 6.55. The Bertz CT molecular complexity index is 196. The molecule has 0 rings (SSSR count). The number of nitrogens with zero attached hydrogens (tertiary/aromatic N) is 2. The number of esters is 1. The Morgan fingerprint density at radius 2 is 1.71 bits per heavy atom. The predicted molar refractivity (Wildman–Crippen MR) is 71.2 cm³/mol. The average molecular weight is 244 g/mol. The van der Waals surface area contributed by atoms with Gasteiger partial charge in [-0.25, -0.2) is 0 Å².